The summed E-state index contributed by atoms with van der Waals surface area (Å²) in [6, 6.07) is 12.0. The largest absolute Gasteiger partial charge is 0.361 e. The molecule has 2 N–H and O–H groups in total. The fourth-order valence-corrected chi connectivity index (χ4v) is 2.37. The summed E-state index contributed by atoms with van der Waals surface area (Å²) >= 11 is 3.07. The molecular formula is C15H10BrFN2O. The third kappa shape index (κ3) is 2.32. The van der Waals surface area contributed by atoms with Crippen LogP contribution in [0.3, 0.4) is 0 Å². The Bertz CT molecular complexity index is 797. The van der Waals surface area contributed by atoms with E-state index in [2.05, 4.69) is 26.2 Å². The van der Waals surface area contributed by atoms with Crippen molar-refractivity contribution in [3.05, 3.63) is 64.5 Å². The molecule has 0 bridgehead atoms. The van der Waals surface area contributed by atoms with Gasteiger partial charge in [-0.15, -0.1) is 0 Å². The number of hydrogen-bond acceptors (Lipinski definition) is 1. The van der Waals surface area contributed by atoms with Crippen molar-refractivity contribution >= 4 is 38.4 Å². The van der Waals surface area contributed by atoms with Crippen LogP contribution in [0.25, 0.3) is 10.9 Å². The Morgan fingerprint density at radius 1 is 1.20 bits per heavy atom. The predicted octanol–water partition coefficient (Wildman–Crippen LogP) is 4.32. The molecular weight excluding hydrogens is 323 g/mol. The molecule has 0 atom stereocenters. The van der Waals surface area contributed by atoms with Crippen molar-refractivity contribution in [2.45, 2.75) is 0 Å². The van der Waals surface area contributed by atoms with Crippen LogP contribution in [-0.2, 0) is 0 Å². The van der Waals surface area contributed by atoms with Gasteiger partial charge < -0.3 is 10.3 Å². The molecule has 0 aliphatic heterocycles. The van der Waals surface area contributed by atoms with E-state index in [-0.39, 0.29) is 10.0 Å². The smallest absolute Gasteiger partial charge is 0.258 e. The number of fused-ring (bicyclic) bond motifs is 1. The lowest BCUT2D eigenvalue weighted by Gasteiger charge is -2.07. The number of aromatic amines is 1. The SMILES string of the molecule is O=C(Nc1ccc2[nH]ccc2c1)c1cccc(Br)c1F. The van der Waals surface area contributed by atoms with Crippen LogP contribution in [0, 0.1) is 5.82 Å². The van der Waals surface area contributed by atoms with Gasteiger partial charge in [-0.2, -0.15) is 0 Å². The third-order valence-electron chi connectivity index (χ3n) is 3.01. The van der Waals surface area contributed by atoms with E-state index in [0.717, 1.165) is 10.9 Å². The summed E-state index contributed by atoms with van der Waals surface area (Å²) in [7, 11) is 0. The number of H-pyrrole nitrogens is 1. The van der Waals surface area contributed by atoms with Crippen molar-refractivity contribution in [3.63, 3.8) is 0 Å². The number of hydrogen-bond donors (Lipinski definition) is 2. The molecule has 0 saturated carbocycles. The molecule has 1 heterocycles. The number of carbonyl (C=O) groups is 1. The summed E-state index contributed by atoms with van der Waals surface area (Å²) in [5, 5.41) is 3.68. The Kier molecular flexibility index (Phi) is 3.28. The van der Waals surface area contributed by atoms with Crippen molar-refractivity contribution in [2.75, 3.05) is 5.32 Å². The summed E-state index contributed by atoms with van der Waals surface area (Å²) in [6.45, 7) is 0. The minimum Gasteiger partial charge on any atom is -0.361 e. The summed E-state index contributed by atoms with van der Waals surface area (Å²) in [4.78, 5) is 15.2. The molecule has 5 heteroatoms. The first-order valence-electron chi connectivity index (χ1n) is 5.97. The lowest BCUT2D eigenvalue weighted by Crippen LogP contribution is -2.13. The van der Waals surface area contributed by atoms with E-state index in [0.29, 0.717) is 5.69 Å². The van der Waals surface area contributed by atoms with Gasteiger partial charge in [-0.3, -0.25) is 4.79 Å². The van der Waals surface area contributed by atoms with Crippen molar-refractivity contribution in [1.82, 2.24) is 4.98 Å². The van der Waals surface area contributed by atoms with Crippen molar-refractivity contribution in [1.29, 1.82) is 0 Å². The van der Waals surface area contributed by atoms with Crippen LogP contribution < -0.4 is 5.32 Å². The quantitative estimate of drug-likeness (QED) is 0.721. The molecule has 1 amide bonds. The Hall–Kier alpha value is -2.14. The maximum absolute atomic E-state index is 13.8. The lowest BCUT2D eigenvalue weighted by atomic mass is 10.2. The fraction of sp³-hybridized carbons (Fsp3) is 0. The minimum atomic E-state index is -0.562. The Morgan fingerprint density at radius 2 is 2.05 bits per heavy atom. The van der Waals surface area contributed by atoms with E-state index in [1.54, 1.807) is 18.2 Å². The molecule has 2 aromatic carbocycles. The molecule has 0 unspecified atom stereocenters. The third-order valence-corrected chi connectivity index (χ3v) is 3.62. The van der Waals surface area contributed by atoms with Crippen LogP contribution in [0.4, 0.5) is 10.1 Å². The van der Waals surface area contributed by atoms with Gasteiger partial charge in [-0.1, -0.05) is 6.07 Å². The van der Waals surface area contributed by atoms with Gasteiger partial charge >= 0.3 is 0 Å². The number of nitrogens with one attached hydrogen (secondary N) is 2. The second kappa shape index (κ2) is 5.09. The highest BCUT2D eigenvalue weighted by Crippen LogP contribution is 2.21. The van der Waals surface area contributed by atoms with Crippen LogP contribution in [-0.4, -0.2) is 10.9 Å². The first kappa shape index (κ1) is 12.9. The van der Waals surface area contributed by atoms with Crippen molar-refractivity contribution in [2.24, 2.45) is 0 Å². The average molecular weight is 333 g/mol. The molecule has 100 valence electrons. The molecule has 3 aromatic rings. The van der Waals surface area contributed by atoms with Gasteiger partial charge in [0.25, 0.3) is 5.91 Å². The molecule has 1 aromatic heterocycles. The summed E-state index contributed by atoms with van der Waals surface area (Å²) in [5.74, 6) is -1.04. The molecule has 3 nitrogen and oxygen atoms in total. The van der Waals surface area contributed by atoms with Gasteiger partial charge in [0.1, 0.15) is 5.82 Å². The first-order valence-corrected chi connectivity index (χ1v) is 6.77. The van der Waals surface area contributed by atoms with Crippen LogP contribution in [0.5, 0.6) is 0 Å². The molecule has 3 rings (SSSR count). The Labute approximate surface area is 122 Å². The summed E-state index contributed by atoms with van der Waals surface area (Å²) < 4.78 is 14.1. The Morgan fingerprint density at radius 3 is 2.90 bits per heavy atom. The van der Waals surface area contributed by atoms with Gasteiger partial charge in [-0.25, -0.2) is 4.39 Å². The number of aromatic nitrogens is 1. The van der Waals surface area contributed by atoms with Crippen molar-refractivity contribution in [3.8, 4) is 0 Å². The average Bonchev–Trinajstić information content (AvgIpc) is 2.89. The molecule has 0 aliphatic carbocycles. The molecule has 0 spiro atoms. The predicted molar refractivity (Wildman–Crippen MR) is 80.4 cm³/mol. The zero-order valence-corrected chi connectivity index (χ0v) is 11.9. The van der Waals surface area contributed by atoms with Gasteiger partial charge in [0.05, 0.1) is 10.0 Å². The van der Waals surface area contributed by atoms with E-state index in [1.165, 1.54) is 6.07 Å². The van der Waals surface area contributed by atoms with Gasteiger partial charge in [0.15, 0.2) is 0 Å². The van der Waals surface area contributed by atoms with Crippen LogP contribution in [0.2, 0.25) is 0 Å². The molecule has 0 saturated heterocycles. The second-order valence-electron chi connectivity index (χ2n) is 4.34. The van der Waals surface area contributed by atoms with Gasteiger partial charge in [-0.05, 0) is 52.3 Å². The van der Waals surface area contributed by atoms with E-state index in [1.807, 2.05) is 24.4 Å². The summed E-state index contributed by atoms with van der Waals surface area (Å²) in [6.07, 6.45) is 1.82. The number of benzene rings is 2. The zero-order valence-electron chi connectivity index (χ0n) is 10.3. The number of rotatable bonds is 2. The maximum atomic E-state index is 13.8. The first-order chi connectivity index (χ1) is 9.65. The van der Waals surface area contributed by atoms with E-state index >= 15 is 0 Å². The normalized spacial score (nSPS) is 10.7. The van der Waals surface area contributed by atoms with Gasteiger partial charge in [0.2, 0.25) is 0 Å². The standard InChI is InChI=1S/C15H10BrFN2O/c16-12-3-1-2-11(14(12)17)15(20)19-10-4-5-13-9(8-10)6-7-18-13/h1-8,18H,(H,19,20). The highest BCUT2D eigenvalue weighted by molar-refractivity contribution is 9.10. The number of carbonyl (C=O) groups excluding carboxylic acids is 1. The molecule has 0 aliphatic rings. The molecule has 20 heavy (non-hydrogen) atoms. The number of amides is 1. The fourth-order valence-electron chi connectivity index (χ4n) is 2.01. The topological polar surface area (TPSA) is 44.9 Å². The van der Waals surface area contributed by atoms with E-state index in [9.17, 15) is 9.18 Å². The number of anilines is 1. The minimum absolute atomic E-state index is 0.00791. The van der Waals surface area contributed by atoms with Gasteiger partial charge in [0, 0.05) is 22.8 Å². The highest BCUT2D eigenvalue weighted by Gasteiger charge is 2.14. The van der Waals surface area contributed by atoms with Crippen molar-refractivity contribution < 1.29 is 9.18 Å². The monoisotopic (exact) mass is 332 g/mol. The van der Waals surface area contributed by atoms with Crippen LogP contribution in [0.15, 0.2) is 53.1 Å². The second-order valence-corrected chi connectivity index (χ2v) is 5.19. The lowest BCUT2D eigenvalue weighted by molar-refractivity contribution is 0.102. The summed E-state index contributed by atoms with van der Waals surface area (Å²) in [5.41, 5.74) is 1.62. The van der Waals surface area contributed by atoms with Crippen LogP contribution >= 0.6 is 15.9 Å². The zero-order chi connectivity index (χ0) is 14.1. The number of halogens is 2. The maximum Gasteiger partial charge on any atom is 0.258 e. The van der Waals surface area contributed by atoms with E-state index in [4.69, 9.17) is 0 Å². The van der Waals surface area contributed by atoms with E-state index < -0.39 is 11.7 Å². The molecule has 0 radical (unpaired) electrons. The van der Waals surface area contributed by atoms with Crippen LogP contribution in [0.1, 0.15) is 10.4 Å². The highest BCUT2D eigenvalue weighted by atomic mass is 79.9. The Balaban J connectivity index is 1.90. The molecule has 0 fully saturated rings.